The Bertz CT molecular complexity index is 456. The first-order valence-electron chi connectivity index (χ1n) is 5.49. The van der Waals surface area contributed by atoms with Gasteiger partial charge in [0.25, 0.3) is 0 Å². The van der Waals surface area contributed by atoms with Crippen molar-refractivity contribution < 1.29 is 0 Å². The summed E-state index contributed by atoms with van der Waals surface area (Å²) < 4.78 is 1.10. The molecule has 1 aromatic carbocycles. The maximum Gasteiger partial charge on any atom is 0.0724 e. The van der Waals surface area contributed by atoms with Crippen LogP contribution < -0.4 is 5.32 Å². The van der Waals surface area contributed by atoms with Crippen molar-refractivity contribution in [2.24, 2.45) is 0 Å². The van der Waals surface area contributed by atoms with E-state index in [0.717, 1.165) is 16.7 Å². The van der Waals surface area contributed by atoms with Gasteiger partial charge in [0.1, 0.15) is 0 Å². The third-order valence-electron chi connectivity index (χ3n) is 2.58. The van der Waals surface area contributed by atoms with E-state index in [2.05, 4.69) is 62.4 Å². The second-order valence-corrected chi connectivity index (χ2v) is 4.77. The topological polar surface area (TPSA) is 37.8 Å². The van der Waals surface area contributed by atoms with Gasteiger partial charge in [-0.1, -0.05) is 28.1 Å². The van der Waals surface area contributed by atoms with E-state index in [-0.39, 0.29) is 0 Å². The van der Waals surface area contributed by atoms with E-state index in [1.807, 2.05) is 0 Å². The Hall–Kier alpha value is -1.26. The molecule has 2 aromatic rings. The number of hydrogen-bond donors (Lipinski definition) is 1. The summed E-state index contributed by atoms with van der Waals surface area (Å²) in [6.07, 6.45) is 5.17. The second kappa shape index (κ2) is 5.89. The quantitative estimate of drug-likeness (QED) is 0.941. The number of rotatable bonds is 4. The fraction of sp³-hybridized carbons (Fsp3) is 0.231. The van der Waals surface area contributed by atoms with E-state index >= 15 is 0 Å². The summed E-state index contributed by atoms with van der Waals surface area (Å²) in [5.41, 5.74) is 2.22. The van der Waals surface area contributed by atoms with Gasteiger partial charge in [0.05, 0.1) is 5.69 Å². The first-order valence-corrected chi connectivity index (χ1v) is 6.29. The zero-order valence-electron chi connectivity index (χ0n) is 9.60. The normalized spacial score (nSPS) is 12.4. The maximum absolute atomic E-state index is 4.23. The Morgan fingerprint density at radius 3 is 2.65 bits per heavy atom. The standard InChI is InChI=1S/C13H14BrN3/c1-10(11-2-4-12(14)5-3-11)17-9-13-8-15-6-7-16-13/h2-8,10,17H,9H2,1H3/t10-/m1/s1. The van der Waals surface area contributed by atoms with Gasteiger partial charge < -0.3 is 5.32 Å². The molecule has 0 fully saturated rings. The number of halogens is 1. The molecule has 0 aliphatic rings. The van der Waals surface area contributed by atoms with E-state index in [9.17, 15) is 0 Å². The number of benzene rings is 1. The smallest absolute Gasteiger partial charge is 0.0724 e. The zero-order chi connectivity index (χ0) is 12.1. The molecule has 1 heterocycles. The number of nitrogens with one attached hydrogen (secondary N) is 1. The van der Waals surface area contributed by atoms with Crippen molar-refractivity contribution in [3.63, 3.8) is 0 Å². The van der Waals surface area contributed by atoms with Crippen LogP contribution in [0.15, 0.2) is 47.3 Å². The summed E-state index contributed by atoms with van der Waals surface area (Å²) in [6, 6.07) is 8.62. The fourth-order valence-electron chi connectivity index (χ4n) is 1.55. The van der Waals surface area contributed by atoms with Gasteiger partial charge >= 0.3 is 0 Å². The van der Waals surface area contributed by atoms with Crippen LogP contribution in [0.2, 0.25) is 0 Å². The van der Waals surface area contributed by atoms with Gasteiger partial charge in [-0.25, -0.2) is 0 Å². The first kappa shape index (κ1) is 12.2. The summed E-state index contributed by atoms with van der Waals surface area (Å²) in [4.78, 5) is 8.26. The van der Waals surface area contributed by atoms with Crippen LogP contribution in [0.1, 0.15) is 24.2 Å². The monoisotopic (exact) mass is 291 g/mol. The highest BCUT2D eigenvalue weighted by Gasteiger charge is 2.04. The first-order chi connectivity index (χ1) is 8.25. The van der Waals surface area contributed by atoms with E-state index in [1.165, 1.54) is 5.56 Å². The minimum absolute atomic E-state index is 0.296. The molecule has 4 heteroatoms. The molecule has 0 amide bonds. The zero-order valence-corrected chi connectivity index (χ0v) is 11.2. The molecule has 1 N–H and O–H groups in total. The number of nitrogens with zero attached hydrogens (tertiary/aromatic N) is 2. The minimum atomic E-state index is 0.296. The lowest BCUT2D eigenvalue weighted by molar-refractivity contribution is 0.566. The predicted octanol–water partition coefficient (Wildman–Crippen LogP) is 3.09. The van der Waals surface area contributed by atoms with Crippen molar-refractivity contribution in [3.8, 4) is 0 Å². The minimum Gasteiger partial charge on any atom is -0.305 e. The van der Waals surface area contributed by atoms with Crippen molar-refractivity contribution in [2.45, 2.75) is 19.5 Å². The molecule has 1 atom stereocenters. The van der Waals surface area contributed by atoms with Gasteiger partial charge in [0.2, 0.25) is 0 Å². The highest BCUT2D eigenvalue weighted by Crippen LogP contribution is 2.16. The molecule has 0 saturated heterocycles. The molecule has 0 saturated carbocycles. The Labute approximate surface area is 109 Å². The second-order valence-electron chi connectivity index (χ2n) is 3.85. The predicted molar refractivity (Wildman–Crippen MR) is 71.4 cm³/mol. The van der Waals surface area contributed by atoms with Crippen LogP contribution >= 0.6 is 15.9 Å². The molecule has 1 aromatic heterocycles. The van der Waals surface area contributed by atoms with Crippen molar-refractivity contribution in [1.29, 1.82) is 0 Å². The van der Waals surface area contributed by atoms with Gasteiger partial charge in [0, 0.05) is 35.6 Å². The molecular weight excluding hydrogens is 278 g/mol. The molecule has 0 unspecified atom stereocenters. The highest BCUT2D eigenvalue weighted by atomic mass is 79.9. The van der Waals surface area contributed by atoms with Crippen LogP contribution in [0.25, 0.3) is 0 Å². The Morgan fingerprint density at radius 1 is 1.24 bits per heavy atom. The molecule has 17 heavy (non-hydrogen) atoms. The van der Waals surface area contributed by atoms with Gasteiger partial charge in [-0.2, -0.15) is 0 Å². The average Bonchev–Trinajstić information content (AvgIpc) is 2.38. The summed E-state index contributed by atoms with van der Waals surface area (Å²) in [5, 5.41) is 3.42. The molecule has 3 nitrogen and oxygen atoms in total. The van der Waals surface area contributed by atoms with Crippen LogP contribution in [-0.2, 0) is 6.54 Å². The summed E-state index contributed by atoms with van der Waals surface area (Å²) in [7, 11) is 0. The van der Waals surface area contributed by atoms with Gasteiger partial charge in [-0.15, -0.1) is 0 Å². The third-order valence-corrected chi connectivity index (χ3v) is 3.10. The van der Waals surface area contributed by atoms with Crippen LogP contribution in [0.3, 0.4) is 0 Å². The van der Waals surface area contributed by atoms with Crippen molar-refractivity contribution >= 4 is 15.9 Å². The van der Waals surface area contributed by atoms with Gasteiger partial charge in [0.15, 0.2) is 0 Å². The molecular formula is C13H14BrN3. The van der Waals surface area contributed by atoms with Crippen molar-refractivity contribution in [3.05, 3.63) is 58.6 Å². The average molecular weight is 292 g/mol. The molecule has 88 valence electrons. The summed E-state index contributed by atoms with van der Waals surface area (Å²) in [5.74, 6) is 0. The highest BCUT2D eigenvalue weighted by molar-refractivity contribution is 9.10. The van der Waals surface area contributed by atoms with E-state index in [4.69, 9.17) is 0 Å². The van der Waals surface area contributed by atoms with Crippen LogP contribution in [0.4, 0.5) is 0 Å². The van der Waals surface area contributed by atoms with Crippen molar-refractivity contribution in [1.82, 2.24) is 15.3 Å². The van der Waals surface area contributed by atoms with Crippen molar-refractivity contribution in [2.75, 3.05) is 0 Å². The summed E-state index contributed by atoms with van der Waals surface area (Å²) in [6.45, 7) is 2.87. The van der Waals surface area contributed by atoms with E-state index in [1.54, 1.807) is 18.6 Å². The molecule has 2 rings (SSSR count). The Morgan fingerprint density at radius 2 is 2.00 bits per heavy atom. The van der Waals surface area contributed by atoms with E-state index in [0.29, 0.717) is 6.04 Å². The summed E-state index contributed by atoms with van der Waals surface area (Å²) >= 11 is 3.43. The number of hydrogen-bond acceptors (Lipinski definition) is 3. The lowest BCUT2D eigenvalue weighted by Gasteiger charge is -2.13. The Balaban J connectivity index is 1.93. The largest absolute Gasteiger partial charge is 0.305 e. The van der Waals surface area contributed by atoms with Crippen LogP contribution in [-0.4, -0.2) is 9.97 Å². The van der Waals surface area contributed by atoms with Crippen LogP contribution in [0.5, 0.6) is 0 Å². The molecule has 0 aliphatic heterocycles. The molecule has 0 bridgehead atoms. The molecule has 0 radical (unpaired) electrons. The van der Waals surface area contributed by atoms with E-state index < -0.39 is 0 Å². The van der Waals surface area contributed by atoms with Crippen LogP contribution in [0, 0.1) is 0 Å². The Kier molecular flexibility index (Phi) is 4.23. The molecule has 0 aliphatic carbocycles. The molecule has 0 spiro atoms. The van der Waals surface area contributed by atoms with Gasteiger partial charge in [-0.05, 0) is 24.6 Å². The third kappa shape index (κ3) is 3.61. The van der Waals surface area contributed by atoms with Gasteiger partial charge in [-0.3, -0.25) is 9.97 Å². The lowest BCUT2D eigenvalue weighted by atomic mass is 10.1. The number of aromatic nitrogens is 2. The SMILES string of the molecule is C[C@@H](NCc1cnccn1)c1ccc(Br)cc1. The lowest BCUT2D eigenvalue weighted by Crippen LogP contribution is -2.18. The fourth-order valence-corrected chi connectivity index (χ4v) is 1.81. The maximum atomic E-state index is 4.23.